The Labute approximate surface area is 239 Å². The Kier molecular flexibility index (Phi) is 8.39. The molecule has 1 unspecified atom stereocenters. The molecule has 0 aliphatic carbocycles. The minimum atomic E-state index is -0.237. The predicted molar refractivity (Wildman–Crippen MR) is 158 cm³/mol. The van der Waals surface area contributed by atoms with Gasteiger partial charge in [-0.05, 0) is 61.6 Å². The van der Waals surface area contributed by atoms with E-state index >= 15 is 0 Å². The van der Waals surface area contributed by atoms with Crippen LogP contribution < -0.4 is 11.1 Å². The fraction of sp³-hybridized carbons (Fsp3) is 0.323. The lowest BCUT2D eigenvalue weighted by atomic mass is 10.0. The van der Waals surface area contributed by atoms with Crippen LogP contribution in [0.1, 0.15) is 59.5 Å². The number of hydrogen-bond donors (Lipinski definition) is 2. The maximum absolute atomic E-state index is 13.1. The minimum absolute atomic E-state index is 0.0776. The number of likely N-dealkylation sites (tertiary alicyclic amines) is 1. The Bertz CT molecular complexity index is 1610. The Morgan fingerprint density at radius 3 is 2.83 bits per heavy atom. The van der Waals surface area contributed by atoms with Gasteiger partial charge in [-0.25, -0.2) is 15.0 Å². The van der Waals surface area contributed by atoms with Crippen LogP contribution in [0.4, 0.5) is 11.6 Å². The molecule has 41 heavy (non-hydrogen) atoms. The number of pyridine rings is 1. The van der Waals surface area contributed by atoms with Crippen LogP contribution in [-0.4, -0.2) is 56.3 Å². The Morgan fingerprint density at radius 2 is 2.05 bits per heavy atom. The summed E-state index contributed by atoms with van der Waals surface area (Å²) in [5, 5.41) is 2.91. The zero-order valence-electron chi connectivity index (χ0n) is 23.6. The fourth-order valence-corrected chi connectivity index (χ4v) is 5.40. The number of anilines is 2. The van der Waals surface area contributed by atoms with Crippen molar-refractivity contribution >= 4 is 29.0 Å². The van der Waals surface area contributed by atoms with Gasteiger partial charge in [0.15, 0.2) is 0 Å². The fourth-order valence-electron chi connectivity index (χ4n) is 5.40. The number of benzene rings is 1. The summed E-state index contributed by atoms with van der Waals surface area (Å²) in [6.07, 6.45) is 12.1. The number of carbonyl (C=O) groups is 2. The molecule has 4 heterocycles. The van der Waals surface area contributed by atoms with E-state index in [2.05, 4.69) is 22.2 Å². The van der Waals surface area contributed by atoms with E-state index in [1.54, 1.807) is 37.7 Å². The van der Waals surface area contributed by atoms with Gasteiger partial charge in [0, 0.05) is 49.4 Å². The number of nitrogens with zero attached hydrogens (tertiary/aromatic N) is 5. The van der Waals surface area contributed by atoms with Crippen molar-refractivity contribution in [3.63, 3.8) is 0 Å². The minimum Gasteiger partial charge on any atom is -0.382 e. The molecule has 0 saturated carbocycles. The number of methoxy groups -OCH3 is 1. The van der Waals surface area contributed by atoms with Gasteiger partial charge in [-0.15, -0.1) is 0 Å². The van der Waals surface area contributed by atoms with E-state index in [4.69, 9.17) is 15.5 Å². The second-order valence-corrected chi connectivity index (χ2v) is 10.2. The van der Waals surface area contributed by atoms with Gasteiger partial charge >= 0.3 is 0 Å². The predicted octanol–water partition coefficient (Wildman–Crippen LogP) is 4.75. The average Bonchev–Trinajstić information content (AvgIpc) is 3.59. The number of nitrogens with two attached hydrogens (primary N) is 1. The maximum atomic E-state index is 13.1. The topological polar surface area (TPSA) is 128 Å². The maximum Gasteiger partial charge on any atom is 0.256 e. The van der Waals surface area contributed by atoms with Crippen molar-refractivity contribution in [2.24, 2.45) is 0 Å². The molecule has 1 aliphatic heterocycles. The molecule has 212 valence electrons. The zero-order chi connectivity index (χ0) is 28.9. The Morgan fingerprint density at radius 1 is 1.20 bits per heavy atom. The van der Waals surface area contributed by atoms with E-state index in [0.717, 1.165) is 48.2 Å². The highest BCUT2D eigenvalue weighted by atomic mass is 16.5. The van der Waals surface area contributed by atoms with Crippen molar-refractivity contribution in [1.82, 2.24) is 24.3 Å². The highest BCUT2D eigenvalue weighted by Crippen LogP contribution is 2.37. The number of nitrogen functional groups attached to an aromatic ring is 1. The standard InChI is InChI=1S/C31H35N7O3/c1-4-7-21-12-13-33-25(19-21)35-31(40)22-10-11-23(20(2)18-22)27-28-29(32)34-14-16-38(28)30(36-27)24-8-5-15-37(24)26(39)9-6-17-41-3/h6,9-14,16,18-19,24H,4-5,7-8,15,17H2,1-3H3,(H2,32,34)(H,33,35,40). The molecule has 10 heteroatoms. The summed E-state index contributed by atoms with van der Waals surface area (Å²) >= 11 is 0. The monoisotopic (exact) mass is 553 g/mol. The quantitative estimate of drug-likeness (QED) is 0.286. The summed E-state index contributed by atoms with van der Waals surface area (Å²) in [5.74, 6) is 1.29. The van der Waals surface area contributed by atoms with Crippen LogP contribution in [0.25, 0.3) is 16.8 Å². The highest BCUT2D eigenvalue weighted by molar-refractivity contribution is 6.04. The van der Waals surface area contributed by atoms with Crippen LogP contribution in [0.3, 0.4) is 0 Å². The molecule has 5 rings (SSSR count). The van der Waals surface area contributed by atoms with Gasteiger partial charge in [-0.2, -0.15) is 0 Å². The molecule has 0 bridgehead atoms. The number of aromatic nitrogens is 4. The first-order valence-corrected chi connectivity index (χ1v) is 13.9. The summed E-state index contributed by atoms with van der Waals surface area (Å²) in [6, 6.07) is 9.15. The molecule has 1 aromatic carbocycles. The summed E-state index contributed by atoms with van der Waals surface area (Å²) in [4.78, 5) is 41.6. The molecule has 1 fully saturated rings. The SMILES string of the molecule is CCCc1ccnc(NC(=O)c2ccc(-c3nc(C4CCCN4C(=O)C=CCOC)n4ccnc(N)c34)c(C)c2)c1. The van der Waals surface area contributed by atoms with Crippen LogP contribution in [0.2, 0.25) is 0 Å². The van der Waals surface area contributed by atoms with Crippen LogP contribution >= 0.6 is 0 Å². The number of carbonyl (C=O) groups excluding carboxylic acids is 2. The third-order valence-electron chi connectivity index (χ3n) is 7.32. The van der Waals surface area contributed by atoms with Crippen molar-refractivity contribution in [3.8, 4) is 11.3 Å². The van der Waals surface area contributed by atoms with Crippen molar-refractivity contribution in [1.29, 1.82) is 0 Å². The normalized spacial score (nSPS) is 15.2. The summed E-state index contributed by atoms with van der Waals surface area (Å²) < 4.78 is 6.98. The zero-order valence-corrected chi connectivity index (χ0v) is 23.6. The van der Waals surface area contributed by atoms with E-state index in [9.17, 15) is 9.59 Å². The molecule has 4 aromatic rings. The number of fused-ring (bicyclic) bond motifs is 1. The molecule has 1 atom stereocenters. The van der Waals surface area contributed by atoms with E-state index in [-0.39, 0.29) is 17.9 Å². The number of nitrogens with one attached hydrogen (secondary N) is 1. The van der Waals surface area contributed by atoms with Crippen molar-refractivity contribution in [3.05, 3.63) is 83.6 Å². The van der Waals surface area contributed by atoms with Gasteiger partial charge < -0.3 is 20.7 Å². The molecule has 2 amide bonds. The third kappa shape index (κ3) is 5.83. The second-order valence-electron chi connectivity index (χ2n) is 10.2. The smallest absolute Gasteiger partial charge is 0.256 e. The summed E-state index contributed by atoms with van der Waals surface area (Å²) in [7, 11) is 1.59. The van der Waals surface area contributed by atoms with E-state index in [1.165, 1.54) is 0 Å². The number of imidazole rings is 1. The molecule has 1 aliphatic rings. The lowest BCUT2D eigenvalue weighted by molar-refractivity contribution is -0.127. The highest BCUT2D eigenvalue weighted by Gasteiger charge is 2.33. The molecule has 0 spiro atoms. The average molecular weight is 554 g/mol. The van der Waals surface area contributed by atoms with Gasteiger partial charge in [0.2, 0.25) is 5.91 Å². The van der Waals surface area contributed by atoms with Gasteiger partial charge in [-0.1, -0.05) is 25.5 Å². The van der Waals surface area contributed by atoms with Crippen LogP contribution in [0, 0.1) is 6.92 Å². The molecule has 10 nitrogen and oxygen atoms in total. The first-order chi connectivity index (χ1) is 19.9. The summed E-state index contributed by atoms with van der Waals surface area (Å²) in [6.45, 7) is 5.07. The Hall–Kier alpha value is -4.57. The number of ether oxygens (including phenoxy) is 1. The third-order valence-corrected chi connectivity index (χ3v) is 7.32. The van der Waals surface area contributed by atoms with Gasteiger partial charge in [0.1, 0.15) is 28.7 Å². The van der Waals surface area contributed by atoms with Gasteiger partial charge in [0.25, 0.3) is 5.91 Å². The molecule has 3 aromatic heterocycles. The number of aryl methyl sites for hydroxylation is 2. The van der Waals surface area contributed by atoms with Crippen LogP contribution in [-0.2, 0) is 16.0 Å². The summed E-state index contributed by atoms with van der Waals surface area (Å²) in [5.41, 5.74) is 11.1. The first kappa shape index (κ1) is 28.0. The van der Waals surface area contributed by atoms with Crippen molar-refractivity contribution in [2.75, 3.05) is 31.3 Å². The Balaban J connectivity index is 1.47. The largest absolute Gasteiger partial charge is 0.382 e. The lowest BCUT2D eigenvalue weighted by Crippen LogP contribution is -2.30. The van der Waals surface area contributed by atoms with E-state index < -0.39 is 0 Å². The van der Waals surface area contributed by atoms with Gasteiger partial charge in [0.05, 0.1) is 12.6 Å². The molecule has 3 N–H and O–H groups in total. The number of rotatable bonds is 9. The lowest BCUT2D eigenvalue weighted by Gasteiger charge is -2.22. The van der Waals surface area contributed by atoms with Crippen LogP contribution in [0.15, 0.2) is 61.1 Å². The molecule has 0 radical (unpaired) electrons. The molecular weight excluding hydrogens is 518 g/mol. The second kappa shape index (κ2) is 12.3. The molecular formula is C31H35N7O3. The number of amides is 2. The number of hydrogen-bond acceptors (Lipinski definition) is 7. The van der Waals surface area contributed by atoms with Crippen molar-refractivity contribution in [2.45, 2.75) is 45.6 Å². The first-order valence-electron chi connectivity index (χ1n) is 13.9. The van der Waals surface area contributed by atoms with Crippen molar-refractivity contribution < 1.29 is 14.3 Å². The van der Waals surface area contributed by atoms with E-state index in [1.807, 2.05) is 46.7 Å². The van der Waals surface area contributed by atoms with Gasteiger partial charge in [-0.3, -0.25) is 14.0 Å². The van der Waals surface area contributed by atoms with Crippen LogP contribution in [0.5, 0.6) is 0 Å². The van der Waals surface area contributed by atoms with E-state index in [0.29, 0.717) is 41.6 Å². The molecule has 1 saturated heterocycles.